The van der Waals surface area contributed by atoms with Gasteiger partial charge in [-0.2, -0.15) is 0 Å². The Hall–Kier alpha value is -2.39. The number of methoxy groups -OCH3 is 2. The first-order chi connectivity index (χ1) is 14.0. The molecule has 0 spiro atoms. The minimum atomic E-state index is -0.896. The molecule has 2 aromatic rings. The van der Waals surface area contributed by atoms with Crippen molar-refractivity contribution in [2.24, 2.45) is 0 Å². The number of benzene rings is 2. The van der Waals surface area contributed by atoms with Gasteiger partial charge in [0.15, 0.2) is 0 Å². The van der Waals surface area contributed by atoms with E-state index in [0.717, 1.165) is 17.7 Å². The molecule has 1 aliphatic heterocycles. The first kappa shape index (κ1) is 21.3. The molecule has 0 bridgehead atoms. The van der Waals surface area contributed by atoms with E-state index in [1.165, 1.54) is 17.8 Å². The lowest BCUT2D eigenvalue weighted by Gasteiger charge is -2.23. The van der Waals surface area contributed by atoms with Crippen molar-refractivity contribution in [2.75, 3.05) is 20.5 Å². The quantitative estimate of drug-likeness (QED) is 0.691. The molecule has 5 nitrogen and oxygen atoms in total. The molecule has 1 aliphatic rings. The van der Waals surface area contributed by atoms with Crippen LogP contribution in [-0.2, 0) is 6.54 Å². The van der Waals surface area contributed by atoms with Crippen molar-refractivity contribution in [1.82, 2.24) is 10.2 Å². The molecule has 1 unspecified atom stereocenters. The van der Waals surface area contributed by atoms with Crippen LogP contribution in [0.2, 0.25) is 0 Å². The summed E-state index contributed by atoms with van der Waals surface area (Å²) in [6, 6.07) is 8.91. The van der Waals surface area contributed by atoms with Crippen LogP contribution in [0.5, 0.6) is 11.5 Å². The van der Waals surface area contributed by atoms with Gasteiger partial charge in [0, 0.05) is 24.4 Å². The molecule has 3 rings (SSSR count). The van der Waals surface area contributed by atoms with Gasteiger partial charge in [-0.15, -0.1) is 11.8 Å². The summed E-state index contributed by atoms with van der Waals surface area (Å²) in [6.07, 6.45) is 3.72. The SMILES string of the molecule is COc1ccc(CN2C=C(NC(=O)c3c(F)cccc3F)SC2SC)c(OC)c1. The van der Waals surface area contributed by atoms with E-state index >= 15 is 0 Å². The van der Waals surface area contributed by atoms with Crippen LogP contribution in [0.1, 0.15) is 15.9 Å². The topological polar surface area (TPSA) is 50.8 Å². The molecule has 154 valence electrons. The molecule has 0 aliphatic carbocycles. The predicted octanol–water partition coefficient (Wildman–Crippen LogP) is 4.41. The second-order valence-corrected chi connectivity index (χ2v) is 8.39. The zero-order chi connectivity index (χ0) is 21.0. The number of nitrogens with zero attached hydrogens (tertiary/aromatic N) is 1. The maximum atomic E-state index is 13.9. The number of nitrogens with one attached hydrogen (secondary N) is 1. The van der Waals surface area contributed by atoms with Crippen LogP contribution in [0.25, 0.3) is 0 Å². The lowest BCUT2D eigenvalue weighted by molar-refractivity contribution is 0.0960. The highest BCUT2D eigenvalue weighted by Crippen LogP contribution is 2.39. The number of thioether (sulfide) groups is 2. The van der Waals surface area contributed by atoms with Gasteiger partial charge in [0.05, 0.1) is 19.2 Å². The van der Waals surface area contributed by atoms with E-state index in [1.807, 2.05) is 23.3 Å². The molecule has 0 saturated heterocycles. The van der Waals surface area contributed by atoms with Crippen molar-refractivity contribution in [1.29, 1.82) is 0 Å². The Balaban J connectivity index is 1.78. The van der Waals surface area contributed by atoms with Gasteiger partial charge in [-0.3, -0.25) is 4.79 Å². The van der Waals surface area contributed by atoms with Gasteiger partial charge in [0.1, 0.15) is 33.4 Å². The zero-order valence-electron chi connectivity index (χ0n) is 16.1. The summed E-state index contributed by atoms with van der Waals surface area (Å²) in [4.78, 5) is 14.4. The van der Waals surface area contributed by atoms with Gasteiger partial charge >= 0.3 is 0 Å². The second-order valence-electron chi connectivity index (χ2n) is 6.05. The van der Waals surface area contributed by atoms with Crippen molar-refractivity contribution in [2.45, 2.75) is 11.3 Å². The fraction of sp³-hybridized carbons (Fsp3) is 0.250. The monoisotopic (exact) mass is 438 g/mol. The highest BCUT2D eigenvalue weighted by atomic mass is 32.2. The molecule has 1 heterocycles. The Morgan fingerprint density at radius 1 is 1.21 bits per heavy atom. The highest BCUT2D eigenvalue weighted by molar-refractivity contribution is 8.18. The highest BCUT2D eigenvalue weighted by Gasteiger charge is 2.28. The Kier molecular flexibility index (Phi) is 6.92. The summed E-state index contributed by atoms with van der Waals surface area (Å²) in [7, 11) is 3.18. The van der Waals surface area contributed by atoms with Gasteiger partial charge in [-0.25, -0.2) is 8.78 Å². The van der Waals surface area contributed by atoms with Crippen LogP contribution in [0, 0.1) is 11.6 Å². The summed E-state index contributed by atoms with van der Waals surface area (Å²) < 4.78 is 38.4. The molecule has 1 amide bonds. The molecule has 1 N–H and O–H groups in total. The Bertz CT molecular complexity index is 920. The van der Waals surface area contributed by atoms with Crippen LogP contribution in [0.3, 0.4) is 0 Å². The number of carbonyl (C=O) groups excluding carboxylic acids is 1. The van der Waals surface area contributed by atoms with E-state index in [4.69, 9.17) is 9.47 Å². The maximum Gasteiger partial charge on any atom is 0.262 e. The molecule has 0 fully saturated rings. The van der Waals surface area contributed by atoms with E-state index in [0.29, 0.717) is 23.1 Å². The minimum Gasteiger partial charge on any atom is -0.497 e. The van der Waals surface area contributed by atoms with Crippen molar-refractivity contribution in [3.8, 4) is 11.5 Å². The van der Waals surface area contributed by atoms with Crippen molar-refractivity contribution in [3.05, 3.63) is 70.4 Å². The van der Waals surface area contributed by atoms with Gasteiger partial charge in [-0.1, -0.05) is 17.8 Å². The first-order valence-electron chi connectivity index (χ1n) is 8.60. The summed E-state index contributed by atoms with van der Waals surface area (Å²) in [5.74, 6) is -1.23. The third-order valence-corrected chi connectivity index (χ3v) is 6.73. The number of rotatable bonds is 7. The summed E-state index contributed by atoms with van der Waals surface area (Å²) in [5.41, 5.74) is 0.349. The van der Waals surface area contributed by atoms with E-state index in [1.54, 1.807) is 38.2 Å². The molecule has 2 aromatic carbocycles. The number of amides is 1. The third kappa shape index (κ3) is 4.79. The predicted molar refractivity (Wildman–Crippen MR) is 112 cm³/mol. The molecule has 0 radical (unpaired) electrons. The van der Waals surface area contributed by atoms with E-state index in [-0.39, 0.29) is 4.71 Å². The molecule has 29 heavy (non-hydrogen) atoms. The maximum absolute atomic E-state index is 13.9. The van der Waals surface area contributed by atoms with Gasteiger partial charge in [0.25, 0.3) is 5.91 Å². The molecular formula is C20H20F2N2O3S2. The molecule has 1 atom stereocenters. The summed E-state index contributed by atoms with van der Waals surface area (Å²) in [5, 5.41) is 3.12. The minimum absolute atomic E-state index is 0.0115. The number of hydrogen-bond donors (Lipinski definition) is 1. The fourth-order valence-electron chi connectivity index (χ4n) is 2.85. The normalized spacial score (nSPS) is 15.8. The number of halogens is 2. The average Bonchev–Trinajstić information content (AvgIpc) is 3.09. The Morgan fingerprint density at radius 2 is 1.93 bits per heavy atom. The van der Waals surface area contributed by atoms with Crippen molar-refractivity contribution in [3.63, 3.8) is 0 Å². The summed E-state index contributed by atoms with van der Waals surface area (Å²) in [6.45, 7) is 0.527. The third-order valence-electron chi connectivity index (χ3n) is 4.26. The van der Waals surface area contributed by atoms with Crippen LogP contribution < -0.4 is 14.8 Å². The number of hydrogen-bond acceptors (Lipinski definition) is 6. The van der Waals surface area contributed by atoms with Crippen molar-refractivity contribution >= 4 is 29.4 Å². The fourth-order valence-corrected chi connectivity index (χ4v) is 4.79. The van der Waals surface area contributed by atoms with Crippen molar-refractivity contribution < 1.29 is 23.0 Å². The van der Waals surface area contributed by atoms with Gasteiger partial charge < -0.3 is 19.7 Å². The largest absolute Gasteiger partial charge is 0.497 e. The standard InChI is InChI=1S/C20H20F2N2O3S2/c1-26-13-8-7-12(16(9-13)27-2)10-24-11-17(29-20(24)28-3)23-19(25)18-14(21)5-4-6-15(18)22/h4-9,11,20H,10H2,1-3H3,(H,23,25). The Morgan fingerprint density at radius 3 is 2.55 bits per heavy atom. The second kappa shape index (κ2) is 9.41. The molecule has 0 saturated carbocycles. The lowest BCUT2D eigenvalue weighted by atomic mass is 10.2. The molecule has 9 heteroatoms. The van der Waals surface area contributed by atoms with Gasteiger partial charge in [0.2, 0.25) is 0 Å². The first-order valence-corrected chi connectivity index (χ1v) is 10.8. The van der Waals surface area contributed by atoms with Crippen LogP contribution >= 0.6 is 23.5 Å². The smallest absolute Gasteiger partial charge is 0.262 e. The number of ether oxygens (including phenoxy) is 2. The molecular weight excluding hydrogens is 418 g/mol. The van der Waals surface area contributed by atoms with Crippen LogP contribution in [-0.4, -0.2) is 36.0 Å². The lowest BCUT2D eigenvalue weighted by Crippen LogP contribution is -2.23. The number of carbonyl (C=O) groups is 1. The van der Waals surface area contributed by atoms with Gasteiger partial charge in [-0.05, 0) is 30.5 Å². The Labute approximate surface area is 176 Å². The van der Waals surface area contributed by atoms with E-state index in [9.17, 15) is 13.6 Å². The van der Waals surface area contributed by atoms with E-state index in [2.05, 4.69) is 5.32 Å². The molecule has 0 aromatic heterocycles. The summed E-state index contributed by atoms with van der Waals surface area (Å²) >= 11 is 2.99. The van der Waals surface area contributed by atoms with Crippen LogP contribution in [0.4, 0.5) is 8.78 Å². The zero-order valence-corrected chi connectivity index (χ0v) is 17.7. The van der Waals surface area contributed by atoms with Crippen LogP contribution in [0.15, 0.2) is 47.6 Å². The average molecular weight is 439 g/mol. The van der Waals surface area contributed by atoms with E-state index < -0.39 is 23.1 Å².